The lowest BCUT2D eigenvalue weighted by atomic mass is 10.0. The van der Waals surface area contributed by atoms with Gasteiger partial charge in [0.25, 0.3) is 0 Å². The molecule has 0 atom stereocenters. The molecule has 0 saturated carbocycles. The van der Waals surface area contributed by atoms with Gasteiger partial charge >= 0.3 is 0 Å². The maximum absolute atomic E-state index is 12.1. The Bertz CT molecular complexity index is 1150. The smallest absolute Gasteiger partial charge is 0.249 e. The Kier molecular flexibility index (Phi) is 4.44. The van der Waals surface area contributed by atoms with E-state index in [4.69, 9.17) is 5.73 Å². The molecule has 3 aromatic carbocycles. The summed E-state index contributed by atoms with van der Waals surface area (Å²) in [6.45, 7) is 5.10. The fourth-order valence-electron chi connectivity index (χ4n) is 3.97. The van der Waals surface area contributed by atoms with Crippen molar-refractivity contribution in [2.75, 3.05) is 0 Å². The number of primary amides is 1. The molecule has 136 valence electrons. The van der Waals surface area contributed by atoms with Gasteiger partial charge in [-0.05, 0) is 48.2 Å². The monoisotopic (exact) mass is 356 g/mol. The molecule has 0 spiro atoms. The van der Waals surface area contributed by atoms with E-state index in [9.17, 15) is 4.79 Å². The van der Waals surface area contributed by atoms with Crippen molar-refractivity contribution in [3.05, 3.63) is 82.9 Å². The van der Waals surface area contributed by atoms with Gasteiger partial charge in [-0.1, -0.05) is 55.8 Å². The van der Waals surface area contributed by atoms with Crippen LogP contribution in [-0.2, 0) is 13.0 Å². The molecule has 4 aromatic rings. The lowest BCUT2D eigenvalue weighted by molar-refractivity contribution is 0.100. The van der Waals surface area contributed by atoms with Crippen LogP contribution in [0, 0.1) is 6.92 Å². The van der Waals surface area contributed by atoms with Crippen LogP contribution in [0.1, 0.15) is 40.4 Å². The number of rotatable bonds is 5. The Morgan fingerprint density at radius 1 is 1.00 bits per heavy atom. The van der Waals surface area contributed by atoms with Crippen molar-refractivity contribution >= 4 is 27.7 Å². The molecule has 0 aliphatic rings. The minimum absolute atomic E-state index is 0.381. The minimum atomic E-state index is -0.381. The predicted molar refractivity (Wildman–Crippen MR) is 112 cm³/mol. The minimum Gasteiger partial charge on any atom is -0.366 e. The van der Waals surface area contributed by atoms with Crippen molar-refractivity contribution < 1.29 is 4.79 Å². The van der Waals surface area contributed by atoms with Gasteiger partial charge in [-0.25, -0.2) is 0 Å². The third-order valence-electron chi connectivity index (χ3n) is 5.35. The van der Waals surface area contributed by atoms with Gasteiger partial charge in [0.1, 0.15) is 0 Å². The van der Waals surface area contributed by atoms with Gasteiger partial charge in [0.05, 0.1) is 5.52 Å². The van der Waals surface area contributed by atoms with Gasteiger partial charge in [-0.3, -0.25) is 4.79 Å². The highest BCUT2D eigenvalue weighted by molar-refractivity contribution is 6.18. The lowest BCUT2D eigenvalue weighted by Crippen LogP contribution is -2.11. The number of aryl methyl sites for hydroxylation is 2. The standard InChI is InChI=1S/C24H24N2O/c1-3-7-17-12-13-19-22(14-17)26(15-18-9-5-4-8-16(18)2)21-11-6-10-20(23(19)21)24(25)27/h4-6,8-14H,3,7,15H2,1-2H3,(H2,25,27). The number of fused-ring (bicyclic) bond motifs is 3. The molecule has 1 heterocycles. The van der Waals surface area contributed by atoms with Crippen LogP contribution in [0.3, 0.4) is 0 Å². The Hall–Kier alpha value is -3.07. The van der Waals surface area contributed by atoms with Crippen LogP contribution in [0.5, 0.6) is 0 Å². The van der Waals surface area contributed by atoms with Crippen LogP contribution < -0.4 is 5.73 Å². The quantitative estimate of drug-likeness (QED) is 0.525. The number of amides is 1. The number of carbonyl (C=O) groups excluding carboxylic acids is 1. The number of nitrogens with zero attached hydrogens (tertiary/aromatic N) is 1. The highest BCUT2D eigenvalue weighted by Crippen LogP contribution is 2.33. The summed E-state index contributed by atoms with van der Waals surface area (Å²) in [4.78, 5) is 12.1. The van der Waals surface area contributed by atoms with E-state index in [1.54, 1.807) is 0 Å². The Labute approximate surface area is 159 Å². The second kappa shape index (κ2) is 6.92. The van der Waals surface area contributed by atoms with Crippen LogP contribution in [-0.4, -0.2) is 10.5 Å². The average Bonchev–Trinajstić information content (AvgIpc) is 2.97. The molecule has 0 saturated heterocycles. The second-order valence-corrected chi connectivity index (χ2v) is 7.18. The molecule has 4 rings (SSSR count). The zero-order chi connectivity index (χ0) is 19.0. The third kappa shape index (κ3) is 2.99. The molecule has 1 amide bonds. The summed E-state index contributed by atoms with van der Waals surface area (Å²) in [5.74, 6) is -0.381. The Morgan fingerprint density at radius 2 is 1.81 bits per heavy atom. The molecule has 3 heteroatoms. The van der Waals surface area contributed by atoms with E-state index >= 15 is 0 Å². The van der Waals surface area contributed by atoms with Gasteiger partial charge in [0.2, 0.25) is 5.91 Å². The number of carbonyl (C=O) groups is 1. The summed E-state index contributed by atoms with van der Waals surface area (Å²) in [5, 5.41) is 2.05. The molecule has 27 heavy (non-hydrogen) atoms. The first-order valence-corrected chi connectivity index (χ1v) is 9.48. The number of nitrogens with two attached hydrogens (primary N) is 1. The first-order chi connectivity index (χ1) is 13.1. The molecule has 0 radical (unpaired) electrons. The van der Waals surface area contributed by atoms with Gasteiger partial charge in [0.15, 0.2) is 0 Å². The van der Waals surface area contributed by atoms with Crippen molar-refractivity contribution in [2.24, 2.45) is 5.73 Å². The molecule has 1 aromatic heterocycles. The normalized spacial score (nSPS) is 11.3. The fraction of sp³-hybridized carbons (Fsp3) is 0.208. The van der Waals surface area contributed by atoms with Crippen LogP contribution >= 0.6 is 0 Å². The molecular formula is C24H24N2O. The van der Waals surface area contributed by atoms with Crippen LogP contribution in [0.2, 0.25) is 0 Å². The van der Waals surface area contributed by atoms with Crippen molar-refractivity contribution in [3.63, 3.8) is 0 Å². The Balaban J connectivity index is 2.04. The molecule has 2 N–H and O–H groups in total. The van der Waals surface area contributed by atoms with Gasteiger partial charge in [-0.15, -0.1) is 0 Å². The maximum Gasteiger partial charge on any atom is 0.249 e. The van der Waals surface area contributed by atoms with Gasteiger partial charge < -0.3 is 10.3 Å². The summed E-state index contributed by atoms with van der Waals surface area (Å²) in [6, 6.07) is 20.8. The van der Waals surface area contributed by atoms with E-state index in [1.807, 2.05) is 12.1 Å². The number of hydrogen-bond donors (Lipinski definition) is 1. The van der Waals surface area contributed by atoms with Gasteiger partial charge in [-0.2, -0.15) is 0 Å². The van der Waals surface area contributed by atoms with Crippen LogP contribution in [0.4, 0.5) is 0 Å². The topological polar surface area (TPSA) is 48.0 Å². The van der Waals surface area contributed by atoms with Crippen LogP contribution in [0.15, 0.2) is 60.7 Å². The molecule has 0 fully saturated rings. The predicted octanol–water partition coefficient (Wildman–Crippen LogP) is 5.20. The second-order valence-electron chi connectivity index (χ2n) is 7.18. The average molecular weight is 356 g/mol. The lowest BCUT2D eigenvalue weighted by Gasteiger charge is -2.11. The SMILES string of the molecule is CCCc1ccc2c3c(C(N)=O)cccc3n(Cc3ccccc3C)c2c1. The van der Waals surface area contributed by atoms with E-state index in [0.717, 1.165) is 41.2 Å². The van der Waals surface area contributed by atoms with E-state index in [2.05, 4.69) is 66.9 Å². The number of hydrogen-bond acceptors (Lipinski definition) is 1. The van der Waals surface area contributed by atoms with Crippen LogP contribution in [0.25, 0.3) is 21.8 Å². The molecule has 0 unspecified atom stereocenters. The first kappa shape index (κ1) is 17.3. The maximum atomic E-state index is 12.1. The van der Waals surface area contributed by atoms with Crippen molar-refractivity contribution in [1.29, 1.82) is 0 Å². The van der Waals surface area contributed by atoms with Crippen molar-refractivity contribution in [2.45, 2.75) is 33.2 Å². The van der Waals surface area contributed by atoms with Crippen molar-refractivity contribution in [3.8, 4) is 0 Å². The summed E-state index contributed by atoms with van der Waals surface area (Å²) in [5.41, 5.74) is 12.4. The summed E-state index contributed by atoms with van der Waals surface area (Å²) in [6.07, 6.45) is 2.15. The van der Waals surface area contributed by atoms with E-state index in [-0.39, 0.29) is 5.91 Å². The van der Waals surface area contributed by atoms with Crippen molar-refractivity contribution in [1.82, 2.24) is 4.57 Å². The molecule has 0 bridgehead atoms. The first-order valence-electron chi connectivity index (χ1n) is 9.48. The molecule has 0 aliphatic carbocycles. The zero-order valence-electron chi connectivity index (χ0n) is 15.8. The van der Waals surface area contributed by atoms with Gasteiger partial charge in [0, 0.05) is 28.4 Å². The molecular weight excluding hydrogens is 332 g/mol. The summed E-state index contributed by atoms with van der Waals surface area (Å²) in [7, 11) is 0. The summed E-state index contributed by atoms with van der Waals surface area (Å²) >= 11 is 0. The summed E-state index contributed by atoms with van der Waals surface area (Å²) < 4.78 is 2.32. The van der Waals surface area contributed by atoms with E-state index in [1.165, 1.54) is 16.7 Å². The highest BCUT2D eigenvalue weighted by Gasteiger charge is 2.17. The van der Waals surface area contributed by atoms with E-state index < -0.39 is 0 Å². The zero-order valence-corrected chi connectivity index (χ0v) is 15.8. The fourth-order valence-corrected chi connectivity index (χ4v) is 3.97. The largest absolute Gasteiger partial charge is 0.366 e. The molecule has 0 aliphatic heterocycles. The number of benzene rings is 3. The third-order valence-corrected chi connectivity index (χ3v) is 5.35. The van der Waals surface area contributed by atoms with E-state index in [0.29, 0.717) is 5.56 Å². The molecule has 3 nitrogen and oxygen atoms in total. The number of aromatic nitrogens is 1. The Morgan fingerprint density at radius 3 is 2.56 bits per heavy atom. The highest BCUT2D eigenvalue weighted by atomic mass is 16.1.